The Hall–Kier alpha value is -3.60. The van der Waals surface area contributed by atoms with Crippen LogP contribution in [0.4, 0.5) is 5.00 Å². The van der Waals surface area contributed by atoms with Crippen molar-refractivity contribution in [3.63, 3.8) is 0 Å². The zero-order valence-electron chi connectivity index (χ0n) is 18.9. The number of thiophene rings is 1. The molecule has 0 aliphatic carbocycles. The van der Waals surface area contributed by atoms with Crippen molar-refractivity contribution in [1.29, 1.82) is 0 Å². The smallest absolute Gasteiger partial charge is 0.348 e. The van der Waals surface area contributed by atoms with Crippen molar-refractivity contribution >= 4 is 40.2 Å². The van der Waals surface area contributed by atoms with E-state index in [4.69, 9.17) is 23.7 Å². The summed E-state index contributed by atoms with van der Waals surface area (Å²) in [4.78, 5) is 49.6. The molecule has 0 aliphatic rings. The first-order valence-electron chi connectivity index (χ1n) is 9.93. The van der Waals surface area contributed by atoms with Crippen LogP contribution in [0, 0.1) is 6.92 Å². The first-order chi connectivity index (χ1) is 15.8. The van der Waals surface area contributed by atoms with E-state index in [1.54, 1.807) is 26.8 Å². The molecule has 0 fully saturated rings. The van der Waals surface area contributed by atoms with Crippen molar-refractivity contribution in [1.82, 2.24) is 0 Å². The quantitative estimate of drug-likeness (QED) is 0.404. The van der Waals surface area contributed by atoms with E-state index in [-0.39, 0.29) is 40.0 Å². The summed E-state index contributed by atoms with van der Waals surface area (Å²) in [5, 5.41) is 2.60. The van der Waals surface area contributed by atoms with Crippen LogP contribution < -0.4 is 14.8 Å². The fraction of sp³-hybridized carbons (Fsp3) is 0.364. The molecule has 1 aromatic heterocycles. The highest BCUT2D eigenvalue weighted by Crippen LogP contribution is 2.34. The molecule has 0 saturated carbocycles. The van der Waals surface area contributed by atoms with Crippen LogP contribution in [-0.4, -0.2) is 57.9 Å². The Morgan fingerprint density at radius 3 is 2.18 bits per heavy atom. The normalized spacial score (nSPS) is 10.2. The summed E-state index contributed by atoms with van der Waals surface area (Å²) in [6, 6.07) is 4.51. The summed E-state index contributed by atoms with van der Waals surface area (Å²) in [5.74, 6) is -2.11. The third-order valence-electron chi connectivity index (χ3n) is 4.30. The zero-order chi connectivity index (χ0) is 24.5. The average Bonchev–Trinajstić information content (AvgIpc) is 3.12. The van der Waals surface area contributed by atoms with E-state index in [1.165, 1.54) is 26.4 Å². The maximum Gasteiger partial charge on any atom is 0.348 e. The molecule has 0 spiro atoms. The molecule has 0 atom stereocenters. The molecule has 2 aromatic rings. The van der Waals surface area contributed by atoms with E-state index in [1.807, 2.05) is 0 Å². The van der Waals surface area contributed by atoms with Crippen LogP contribution in [-0.2, 0) is 19.0 Å². The number of anilines is 1. The largest absolute Gasteiger partial charge is 0.497 e. The zero-order valence-corrected chi connectivity index (χ0v) is 19.8. The second-order valence-electron chi connectivity index (χ2n) is 6.39. The molecule has 1 heterocycles. The molecule has 0 aliphatic heterocycles. The molecular formula is C22H25NO9S. The standard InChI is InChI=1S/C22H25NO9S/c1-6-30-21(26)17-12(3)18(22(27)31-7-2)33-19(17)23-16(24)11-32-20(25)14-9-8-13(28-4)10-15(14)29-5/h8-10H,6-7,11H2,1-5H3,(H,23,24). The molecule has 11 heteroatoms. The van der Waals surface area contributed by atoms with Crippen molar-refractivity contribution in [2.45, 2.75) is 20.8 Å². The molecule has 178 valence electrons. The first kappa shape index (κ1) is 25.7. The van der Waals surface area contributed by atoms with Gasteiger partial charge < -0.3 is 29.0 Å². The van der Waals surface area contributed by atoms with Gasteiger partial charge in [-0.15, -0.1) is 11.3 Å². The molecule has 1 N–H and O–H groups in total. The Bertz CT molecular complexity index is 1040. The van der Waals surface area contributed by atoms with Crippen LogP contribution in [0.5, 0.6) is 11.5 Å². The van der Waals surface area contributed by atoms with E-state index in [9.17, 15) is 19.2 Å². The third kappa shape index (κ3) is 6.22. The van der Waals surface area contributed by atoms with E-state index in [2.05, 4.69) is 5.32 Å². The minimum Gasteiger partial charge on any atom is -0.497 e. The Balaban J connectivity index is 2.17. The van der Waals surface area contributed by atoms with Gasteiger partial charge in [-0.2, -0.15) is 0 Å². The average molecular weight is 480 g/mol. The molecule has 0 unspecified atom stereocenters. The number of carbonyl (C=O) groups excluding carboxylic acids is 4. The lowest BCUT2D eigenvalue weighted by Crippen LogP contribution is -2.22. The number of nitrogens with one attached hydrogen (secondary N) is 1. The van der Waals surface area contributed by atoms with Crippen LogP contribution >= 0.6 is 11.3 Å². The summed E-state index contributed by atoms with van der Waals surface area (Å²) >= 11 is 0.876. The predicted octanol–water partition coefficient (Wildman–Crippen LogP) is 3.22. The van der Waals surface area contributed by atoms with Crippen molar-refractivity contribution in [3.05, 3.63) is 39.8 Å². The van der Waals surface area contributed by atoms with Crippen LogP contribution in [0.15, 0.2) is 18.2 Å². The number of benzene rings is 1. The summed E-state index contributed by atoms with van der Waals surface area (Å²) in [6.07, 6.45) is 0. The molecule has 1 aromatic carbocycles. The highest BCUT2D eigenvalue weighted by molar-refractivity contribution is 7.18. The molecule has 10 nitrogen and oxygen atoms in total. The fourth-order valence-electron chi connectivity index (χ4n) is 2.78. The maximum atomic E-state index is 12.5. The topological polar surface area (TPSA) is 126 Å². The van der Waals surface area contributed by atoms with Gasteiger partial charge in [0.1, 0.15) is 26.9 Å². The number of rotatable bonds is 10. The summed E-state index contributed by atoms with van der Waals surface area (Å²) in [6.45, 7) is 4.47. The molecule has 1 amide bonds. The Kier molecular flexibility index (Phi) is 9.22. The van der Waals surface area contributed by atoms with Crippen LogP contribution in [0.25, 0.3) is 0 Å². The predicted molar refractivity (Wildman–Crippen MR) is 119 cm³/mol. The maximum absolute atomic E-state index is 12.5. The second kappa shape index (κ2) is 11.9. The van der Waals surface area contributed by atoms with Crippen LogP contribution in [0.3, 0.4) is 0 Å². The lowest BCUT2D eigenvalue weighted by Gasteiger charge is -2.10. The second-order valence-corrected chi connectivity index (χ2v) is 7.41. The van der Waals surface area contributed by atoms with Gasteiger partial charge in [0, 0.05) is 6.07 Å². The van der Waals surface area contributed by atoms with Crippen molar-refractivity contribution in [2.24, 2.45) is 0 Å². The summed E-state index contributed by atoms with van der Waals surface area (Å²) < 4.78 is 25.4. The number of esters is 3. The summed E-state index contributed by atoms with van der Waals surface area (Å²) in [7, 11) is 2.86. The lowest BCUT2D eigenvalue weighted by molar-refractivity contribution is -0.119. The molecule has 0 saturated heterocycles. The fourth-order valence-corrected chi connectivity index (χ4v) is 3.89. The van der Waals surface area contributed by atoms with E-state index in [0.29, 0.717) is 11.3 Å². The van der Waals surface area contributed by atoms with Gasteiger partial charge in [-0.05, 0) is 38.5 Å². The molecular weight excluding hydrogens is 454 g/mol. The number of hydrogen-bond acceptors (Lipinski definition) is 10. The highest BCUT2D eigenvalue weighted by atomic mass is 32.1. The molecule has 0 bridgehead atoms. The van der Waals surface area contributed by atoms with Crippen molar-refractivity contribution in [2.75, 3.05) is 39.4 Å². The first-order valence-corrected chi connectivity index (χ1v) is 10.8. The van der Waals surface area contributed by atoms with Gasteiger partial charge in [0.15, 0.2) is 6.61 Å². The van der Waals surface area contributed by atoms with Gasteiger partial charge in [-0.1, -0.05) is 0 Å². The van der Waals surface area contributed by atoms with Gasteiger partial charge >= 0.3 is 17.9 Å². The van der Waals surface area contributed by atoms with Gasteiger partial charge in [0.25, 0.3) is 5.91 Å². The Morgan fingerprint density at radius 1 is 0.909 bits per heavy atom. The monoisotopic (exact) mass is 479 g/mol. The van der Waals surface area contributed by atoms with E-state index < -0.39 is 30.4 Å². The molecule has 2 rings (SSSR count). The third-order valence-corrected chi connectivity index (χ3v) is 5.49. The highest BCUT2D eigenvalue weighted by Gasteiger charge is 2.27. The number of carbonyl (C=O) groups is 4. The van der Waals surface area contributed by atoms with Crippen LogP contribution in [0.1, 0.15) is 49.8 Å². The number of hydrogen-bond donors (Lipinski definition) is 1. The minimum absolute atomic E-state index is 0.0430. The SMILES string of the molecule is CCOC(=O)c1sc(NC(=O)COC(=O)c2ccc(OC)cc2OC)c(C(=O)OCC)c1C. The van der Waals surface area contributed by atoms with Gasteiger partial charge in [0.05, 0.1) is 33.0 Å². The number of amides is 1. The van der Waals surface area contributed by atoms with Crippen molar-refractivity contribution in [3.8, 4) is 11.5 Å². The Labute approximate surface area is 194 Å². The molecule has 33 heavy (non-hydrogen) atoms. The molecule has 0 radical (unpaired) electrons. The van der Waals surface area contributed by atoms with Gasteiger partial charge in [0.2, 0.25) is 0 Å². The minimum atomic E-state index is -0.787. The summed E-state index contributed by atoms with van der Waals surface area (Å²) in [5.41, 5.74) is 0.475. The number of methoxy groups -OCH3 is 2. The van der Waals surface area contributed by atoms with Gasteiger partial charge in [-0.3, -0.25) is 4.79 Å². The number of ether oxygens (including phenoxy) is 5. The van der Waals surface area contributed by atoms with E-state index >= 15 is 0 Å². The Morgan fingerprint density at radius 2 is 1.58 bits per heavy atom. The van der Waals surface area contributed by atoms with Crippen molar-refractivity contribution < 1.29 is 42.9 Å². The lowest BCUT2D eigenvalue weighted by atomic mass is 10.1. The van der Waals surface area contributed by atoms with Crippen LogP contribution in [0.2, 0.25) is 0 Å². The van der Waals surface area contributed by atoms with E-state index in [0.717, 1.165) is 11.3 Å². The van der Waals surface area contributed by atoms with Gasteiger partial charge in [-0.25, -0.2) is 14.4 Å².